The number of benzene rings is 5. The standard InChI is InChI=1S/C43H27N5O/c1-4-13-28(14-5-1)31-25-26-37(44-27-31)42-46-41(30-17-8-3-9-18-30)47-43(48-42)38-24-12-23-36(45-38)35-22-11-21-34-33-20-10-19-32(39(33)49-40(34)35)29-15-6-2-7-16-29/h1-27H. The Morgan fingerprint density at radius 2 is 0.878 bits per heavy atom. The third kappa shape index (κ3) is 5.31. The molecule has 230 valence electrons. The zero-order valence-electron chi connectivity index (χ0n) is 26.2. The molecule has 49 heavy (non-hydrogen) atoms. The molecule has 0 saturated carbocycles. The molecule has 0 aliphatic carbocycles. The van der Waals surface area contributed by atoms with Crippen LogP contribution in [-0.2, 0) is 0 Å². The average molecular weight is 630 g/mol. The van der Waals surface area contributed by atoms with Crippen LogP contribution >= 0.6 is 0 Å². The zero-order valence-corrected chi connectivity index (χ0v) is 26.2. The normalized spacial score (nSPS) is 11.3. The highest BCUT2D eigenvalue weighted by atomic mass is 16.3. The van der Waals surface area contributed by atoms with E-state index in [1.807, 2.05) is 109 Å². The summed E-state index contributed by atoms with van der Waals surface area (Å²) in [7, 11) is 0. The molecule has 0 N–H and O–H groups in total. The number of aromatic nitrogens is 5. The van der Waals surface area contributed by atoms with Gasteiger partial charge in [-0.25, -0.2) is 19.9 Å². The van der Waals surface area contributed by atoms with Gasteiger partial charge in [-0.05, 0) is 35.4 Å². The van der Waals surface area contributed by atoms with Gasteiger partial charge in [0.15, 0.2) is 17.5 Å². The van der Waals surface area contributed by atoms with Gasteiger partial charge in [-0.2, -0.15) is 0 Å². The first kappa shape index (κ1) is 28.4. The van der Waals surface area contributed by atoms with Crippen molar-refractivity contribution in [1.29, 1.82) is 0 Å². The van der Waals surface area contributed by atoms with Crippen molar-refractivity contribution in [1.82, 2.24) is 24.9 Å². The van der Waals surface area contributed by atoms with Gasteiger partial charge in [0, 0.05) is 39.2 Å². The highest BCUT2D eigenvalue weighted by Gasteiger charge is 2.18. The first-order valence-electron chi connectivity index (χ1n) is 16.1. The summed E-state index contributed by atoms with van der Waals surface area (Å²) in [6.07, 6.45) is 1.85. The van der Waals surface area contributed by atoms with E-state index in [-0.39, 0.29) is 0 Å². The number of pyridine rings is 2. The van der Waals surface area contributed by atoms with Crippen LogP contribution < -0.4 is 0 Å². The van der Waals surface area contributed by atoms with E-state index < -0.39 is 0 Å². The topological polar surface area (TPSA) is 77.6 Å². The van der Waals surface area contributed by atoms with Crippen LogP contribution in [-0.4, -0.2) is 24.9 Å². The highest BCUT2D eigenvalue weighted by molar-refractivity contribution is 6.12. The van der Waals surface area contributed by atoms with Crippen molar-refractivity contribution in [2.45, 2.75) is 0 Å². The SMILES string of the molecule is c1ccc(-c2ccc(-c3nc(-c4ccccc4)nc(-c4cccc(-c5cccc6c5oc5c(-c7ccccc7)cccc56)n4)n3)nc2)cc1. The Kier molecular flexibility index (Phi) is 7.02. The summed E-state index contributed by atoms with van der Waals surface area (Å²) >= 11 is 0. The van der Waals surface area contributed by atoms with Crippen molar-refractivity contribution in [2.24, 2.45) is 0 Å². The largest absolute Gasteiger partial charge is 0.455 e. The van der Waals surface area contributed by atoms with Crippen LogP contribution in [0.15, 0.2) is 168 Å². The summed E-state index contributed by atoms with van der Waals surface area (Å²) in [6, 6.07) is 52.8. The van der Waals surface area contributed by atoms with Crippen LogP contribution in [0.2, 0.25) is 0 Å². The third-order valence-corrected chi connectivity index (χ3v) is 8.63. The first-order valence-corrected chi connectivity index (χ1v) is 16.1. The summed E-state index contributed by atoms with van der Waals surface area (Å²) in [4.78, 5) is 24.5. The van der Waals surface area contributed by atoms with Crippen molar-refractivity contribution < 1.29 is 4.42 Å². The smallest absolute Gasteiger partial charge is 0.182 e. The molecule has 6 nitrogen and oxygen atoms in total. The van der Waals surface area contributed by atoms with E-state index in [1.54, 1.807) is 0 Å². The van der Waals surface area contributed by atoms with E-state index in [1.165, 1.54) is 0 Å². The fourth-order valence-corrected chi connectivity index (χ4v) is 6.23. The lowest BCUT2D eigenvalue weighted by molar-refractivity contribution is 0.671. The van der Waals surface area contributed by atoms with Crippen LogP contribution in [0.3, 0.4) is 0 Å². The van der Waals surface area contributed by atoms with Crippen LogP contribution in [0, 0.1) is 0 Å². The monoisotopic (exact) mass is 629 g/mol. The Morgan fingerprint density at radius 3 is 1.55 bits per heavy atom. The molecule has 9 rings (SSSR count). The summed E-state index contributed by atoms with van der Waals surface area (Å²) < 4.78 is 6.68. The van der Waals surface area contributed by atoms with Crippen LogP contribution in [0.25, 0.3) is 89.9 Å². The Morgan fingerprint density at radius 1 is 0.327 bits per heavy atom. The fourth-order valence-electron chi connectivity index (χ4n) is 6.23. The number of nitrogens with zero attached hydrogens (tertiary/aromatic N) is 5. The Labute approximate surface area is 282 Å². The maximum atomic E-state index is 6.68. The van der Waals surface area contributed by atoms with E-state index in [9.17, 15) is 0 Å². The summed E-state index contributed by atoms with van der Waals surface area (Å²) in [5.74, 6) is 1.49. The van der Waals surface area contributed by atoms with E-state index >= 15 is 0 Å². The number of rotatable bonds is 6. The third-order valence-electron chi connectivity index (χ3n) is 8.63. The first-order chi connectivity index (χ1) is 24.3. The van der Waals surface area contributed by atoms with Crippen molar-refractivity contribution in [3.63, 3.8) is 0 Å². The zero-order chi connectivity index (χ0) is 32.6. The average Bonchev–Trinajstić information content (AvgIpc) is 3.58. The van der Waals surface area contributed by atoms with Gasteiger partial charge < -0.3 is 4.42 Å². The molecule has 0 aliphatic rings. The molecule has 0 saturated heterocycles. The minimum absolute atomic E-state index is 0.461. The maximum Gasteiger partial charge on any atom is 0.182 e. The van der Waals surface area contributed by atoms with E-state index in [2.05, 4.69) is 54.6 Å². The minimum atomic E-state index is 0.461. The molecule has 9 aromatic rings. The van der Waals surface area contributed by atoms with E-state index in [0.717, 1.165) is 61.0 Å². The van der Waals surface area contributed by atoms with E-state index in [4.69, 9.17) is 29.3 Å². The molecule has 4 heterocycles. The molecular weight excluding hydrogens is 603 g/mol. The summed E-state index contributed by atoms with van der Waals surface area (Å²) in [5.41, 5.74) is 9.73. The number of hydrogen-bond donors (Lipinski definition) is 0. The van der Waals surface area contributed by atoms with E-state index in [0.29, 0.717) is 28.9 Å². The summed E-state index contributed by atoms with van der Waals surface area (Å²) in [6.45, 7) is 0. The molecule has 4 aromatic heterocycles. The van der Waals surface area contributed by atoms with Crippen LogP contribution in [0.1, 0.15) is 0 Å². The van der Waals surface area contributed by atoms with Crippen molar-refractivity contribution >= 4 is 21.9 Å². The number of para-hydroxylation sites is 2. The molecule has 6 heteroatoms. The Balaban J connectivity index is 1.16. The van der Waals surface area contributed by atoms with Gasteiger partial charge in [0.05, 0.1) is 5.69 Å². The van der Waals surface area contributed by atoms with Crippen molar-refractivity contribution in [2.75, 3.05) is 0 Å². The molecule has 0 amide bonds. The molecule has 0 unspecified atom stereocenters. The number of furan rings is 1. The Bertz CT molecular complexity index is 2580. The van der Waals surface area contributed by atoms with Crippen LogP contribution in [0.5, 0.6) is 0 Å². The molecule has 0 fully saturated rings. The molecule has 0 aliphatic heterocycles. The van der Waals surface area contributed by atoms with Gasteiger partial charge in [0.1, 0.15) is 22.6 Å². The molecule has 5 aromatic carbocycles. The van der Waals surface area contributed by atoms with Gasteiger partial charge >= 0.3 is 0 Å². The maximum absolute atomic E-state index is 6.68. The molecule has 0 spiro atoms. The lowest BCUT2D eigenvalue weighted by Gasteiger charge is -2.09. The second-order valence-corrected chi connectivity index (χ2v) is 11.7. The van der Waals surface area contributed by atoms with Gasteiger partial charge in [0.2, 0.25) is 0 Å². The van der Waals surface area contributed by atoms with Crippen molar-refractivity contribution in [3.05, 3.63) is 164 Å². The van der Waals surface area contributed by atoms with Crippen LogP contribution in [0.4, 0.5) is 0 Å². The van der Waals surface area contributed by atoms with Gasteiger partial charge in [-0.1, -0.05) is 133 Å². The second-order valence-electron chi connectivity index (χ2n) is 11.7. The number of hydrogen-bond acceptors (Lipinski definition) is 6. The second kappa shape index (κ2) is 12.1. The lowest BCUT2D eigenvalue weighted by atomic mass is 10.0. The summed E-state index contributed by atoms with van der Waals surface area (Å²) in [5, 5.41) is 2.10. The predicted octanol–water partition coefficient (Wildman–Crippen LogP) is 10.6. The predicted molar refractivity (Wildman–Crippen MR) is 195 cm³/mol. The van der Waals surface area contributed by atoms with Crippen molar-refractivity contribution in [3.8, 4) is 67.9 Å². The number of fused-ring (bicyclic) bond motifs is 3. The van der Waals surface area contributed by atoms with Gasteiger partial charge in [-0.3, -0.25) is 4.98 Å². The molecular formula is C43H27N5O. The molecule has 0 atom stereocenters. The van der Waals surface area contributed by atoms with Gasteiger partial charge in [0.25, 0.3) is 0 Å². The highest BCUT2D eigenvalue weighted by Crippen LogP contribution is 2.39. The van der Waals surface area contributed by atoms with Gasteiger partial charge in [-0.15, -0.1) is 0 Å². The minimum Gasteiger partial charge on any atom is -0.455 e. The lowest BCUT2D eigenvalue weighted by Crippen LogP contribution is -2.02. The Hall–Kier alpha value is -6.79. The quantitative estimate of drug-likeness (QED) is 0.182. The fraction of sp³-hybridized carbons (Fsp3) is 0. The molecule has 0 radical (unpaired) electrons. The molecule has 0 bridgehead atoms.